The van der Waals surface area contributed by atoms with Gasteiger partial charge in [0.1, 0.15) is 0 Å². The van der Waals surface area contributed by atoms with E-state index in [0.29, 0.717) is 5.82 Å². The Bertz CT molecular complexity index is 601. The van der Waals surface area contributed by atoms with Crippen molar-refractivity contribution in [2.24, 2.45) is 5.84 Å². The summed E-state index contributed by atoms with van der Waals surface area (Å²) in [5.41, 5.74) is 7.01. The Morgan fingerprint density at radius 3 is 2.38 bits per heavy atom. The topological polar surface area (TPSA) is 63.8 Å². The first-order valence-electron chi connectivity index (χ1n) is 7.69. The van der Waals surface area contributed by atoms with Crippen molar-refractivity contribution in [1.82, 2.24) is 10.2 Å². The van der Waals surface area contributed by atoms with Gasteiger partial charge in [0.25, 0.3) is 0 Å². The highest BCUT2D eigenvalue weighted by molar-refractivity contribution is 5.61. The van der Waals surface area contributed by atoms with E-state index in [1.807, 2.05) is 13.0 Å². The van der Waals surface area contributed by atoms with E-state index in [0.717, 1.165) is 22.7 Å². The van der Waals surface area contributed by atoms with Crippen molar-refractivity contribution in [3.8, 4) is 11.3 Å². The highest BCUT2D eigenvalue weighted by Crippen LogP contribution is 2.33. The smallest absolute Gasteiger partial charge is 0.165 e. The van der Waals surface area contributed by atoms with Gasteiger partial charge in [0.15, 0.2) is 5.82 Å². The predicted octanol–water partition coefficient (Wildman–Crippen LogP) is 3.79. The minimum absolute atomic E-state index is 0.623. The number of nitrogen functional groups attached to an aromatic ring is 1. The molecule has 1 heterocycles. The molecule has 0 spiro atoms. The molecule has 0 unspecified atom stereocenters. The molecule has 0 saturated heterocycles. The fourth-order valence-electron chi connectivity index (χ4n) is 3.13. The lowest BCUT2D eigenvalue weighted by atomic mass is 9.84. The summed E-state index contributed by atoms with van der Waals surface area (Å²) in [5, 5.41) is 8.33. The number of aryl methyl sites for hydroxylation is 1. The van der Waals surface area contributed by atoms with Crippen LogP contribution in [-0.2, 0) is 0 Å². The number of nitrogens with two attached hydrogens (primary N) is 1. The van der Waals surface area contributed by atoms with Gasteiger partial charge in [-0.05, 0) is 42.9 Å². The maximum absolute atomic E-state index is 5.39. The molecule has 0 atom stereocenters. The normalized spacial score (nSPS) is 15.9. The molecule has 2 aromatic rings. The largest absolute Gasteiger partial charge is 0.307 e. The van der Waals surface area contributed by atoms with Crippen molar-refractivity contribution in [2.75, 3.05) is 5.43 Å². The van der Waals surface area contributed by atoms with E-state index in [1.54, 1.807) is 0 Å². The lowest BCUT2D eigenvalue weighted by molar-refractivity contribution is 0.443. The summed E-state index contributed by atoms with van der Waals surface area (Å²) in [6, 6.07) is 10.8. The summed E-state index contributed by atoms with van der Waals surface area (Å²) in [5.74, 6) is 6.75. The van der Waals surface area contributed by atoms with Gasteiger partial charge in [-0.1, -0.05) is 43.5 Å². The van der Waals surface area contributed by atoms with Crippen LogP contribution in [0.1, 0.15) is 49.1 Å². The zero-order valence-electron chi connectivity index (χ0n) is 12.5. The molecule has 110 valence electrons. The summed E-state index contributed by atoms with van der Waals surface area (Å²) < 4.78 is 0. The Morgan fingerprint density at radius 1 is 1.05 bits per heavy atom. The molecular weight excluding hydrogens is 260 g/mol. The second-order valence-electron chi connectivity index (χ2n) is 5.86. The van der Waals surface area contributed by atoms with E-state index >= 15 is 0 Å². The third kappa shape index (κ3) is 3.05. The monoisotopic (exact) mass is 282 g/mol. The van der Waals surface area contributed by atoms with E-state index in [1.165, 1.54) is 37.7 Å². The van der Waals surface area contributed by atoms with E-state index in [-0.39, 0.29) is 0 Å². The zero-order chi connectivity index (χ0) is 14.7. The minimum Gasteiger partial charge on any atom is -0.307 e. The molecule has 0 aliphatic heterocycles. The van der Waals surface area contributed by atoms with E-state index in [4.69, 9.17) is 5.84 Å². The van der Waals surface area contributed by atoms with Crippen LogP contribution in [0.5, 0.6) is 0 Å². The van der Waals surface area contributed by atoms with Gasteiger partial charge >= 0.3 is 0 Å². The number of anilines is 1. The van der Waals surface area contributed by atoms with Crippen molar-refractivity contribution >= 4 is 5.82 Å². The predicted molar refractivity (Wildman–Crippen MR) is 85.8 cm³/mol. The number of nitrogens with zero attached hydrogens (tertiary/aromatic N) is 2. The van der Waals surface area contributed by atoms with Crippen molar-refractivity contribution in [2.45, 2.75) is 44.9 Å². The van der Waals surface area contributed by atoms with Crippen molar-refractivity contribution in [3.63, 3.8) is 0 Å². The number of hydrazine groups is 1. The molecule has 1 aromatic carbocycles. The van der Waals surface area contributed by atoms with Crippen molar-refractivity contribution in [3.05, 3.63) is 41.5 Å². The van der Waals surface area contributed by atoms with E-state index in [2.05, 4.69) is 39.9 Å². The van der Waals surface area contributed by atoms with Crippen LogP contribution in [0.15, 0.2) is 30.3 Å². The Kier molecular flexibility index (Phi) is 4.15. The molecule has 3 rings (SSSR count). The molecule has 1 fully saturated rings. The molecule has 3 N–H and O–H groups in total. The average Bonchev–Trinajstić information content (AvgIpc) is 2.56. The first-order valence-corrected chi connectivity index (χ1v) is 7.69. The molecule has 1 aliphatic carbocycles. The average molecular weight is 282 g/mol. The molecule has 4 heteroatoms. The number of nitrogens with one attached hydrogen (secondary N) is 1. The molecule has 1 aromatic heterocycles. The van der Waals surface area contributed by atoms with Crippen LogP contribution in [0.25, 0.3) is 11.3 Å². The molecule has 0 radical (unpaired) electrons. The Balaban J connectivity index is 1.81. The highest BCUT2D eigenvalue weighted by Gasteiger charge is 2.15. The van der Waals surface area contributed by atoms with Gasteiger partial charge in [0, 0.05) is 5.56 Å². The van der Waals surface area contributed by atoms with Gasteiger partial charge < -0.3 is 5.43 Å². The highest BCUT2D eigenvalue weighted by atomic mass is 15.3. The summed E-state index contributed by atoms with van der Waals surface area (Å²) in [6.45, 7) is 1.98. The van der Waals surface area contributed by atoms with Crippen LogP contribution in [0, 0.1) is 6.92 Å². The third-order valence-electron chi connectivity index (χ3n) is 4.40. The Labute approximate surface area is 125 Å². The van der Waals surface area contributed by atoms with Gasteiger partial charge in [-0.3, -0.25) is 0 Å². The number of hydrogen-bond donors (Lipinski definition) is 2. The van der Waals surface area contributed by atoms with Crippen LogP contribution in [0.2, 0.25) is 0 Å². The minimum atomic E-state index is 0.623. The molecule has 4 nitrogen and oxygen atoms in total. The Hall–Kier alpha value is -1.94. The number of benzene rings is 1. The summed E-state index contributed by atoms with van der Waals surface area (Å²) in [6.07, 6.45) is 6.78. The summed E-state index contributed by atoms with van der Waals surface area (Å²) >= 11 is 0. The number of rotatable bonds is 3. The second-order valence-corrected chi connectivity index (χ2v) is 5.86. The molecule has 0 amide bonds. The maximum Gasteiger partial charge on any atom is 0.165 e. The van der Waals surface area contributed by atoms with Crippen LogP contribution >= 0.6 is 0 Å². The lowest BCUT2D eigenvalue weighted by Crippen LogP contribution is -2.11. The molecule has 21 heavy (non-hydrogen) atoms. The molecule has 1 saturated carbocycles. The first-order chi connectivity index (χ1) is 10.3. The fourth-order valence-corrected chi connectivity index (χ4v) is 3.13. The lowest BCUT2D eigenvalue weighted by Gasteiger charge is -2.22. The second kappa shape index (κ2) is 6.22. The maximum atomic E-state index is 5.39. The number of aromatic nitrogens is 2. The van der Waals surface area contributed by atoms with Gasteiger partial charge in [0.2, 0.25) is 0 Å². The van der Waals surface area contributed by atoms with Crippen molar-refractivity contribution < 1.29 is 0 Å². The standard InChI is InChI=1S/C17H22N4/c1-12-11-16(20-21-17(12)19-18)15-9-7-14(8-10-15)13-5-3-2-4-6-13/h7-11,13H,2-6,18H2,1H3,(H,19,21). The molecular formula is C17H22N4. The van der Waals surface area contributed by atoms with E-state index < -0.39 is 0 Å². The van der Waals surface area contributed by atoms with Gasteiger partial charge in [-0.25, -0.2) is 5.84 Å². The van der Waals surface area contributed by atoms with Crippen molar-refractivity contribution in [1.29, 1.82) is 0 Å². The summed E-state index contributed by atoms with van der Waals surface area (Å²) in [4.78, 5) is 0. The fraction of sp³-hybridized carbons (Fsp3) is 0.412. The SMILES string of the molecule is Cc1cc(-c2ccc(C3CCCCC3)cc2)nnc1NN. The van der Waals surface area contributed by atoms with Gasteiger partial charge in [0.05, 0.1) is 5.69 Å². The van der Waals surface area contributed by atoms with Crippen LogP contribution in [0.4, 0.5) is 5.82 Å². The van der Waals surface area contributed by atoms with Crippen LogP contribution in [0.3, 0.4) is 0 Å². The first kappa shape index (κ1) is 14.0. The molecule has 1 aliphatic rings. The van der Waals surface area contributed by atoms with E-state index in [9.17, 15) is 0 Å². The number of hydrogen-bond acceptors (Lipinski definition) is 4. The quantitative estimate of drug-likeness (QED) is 0.664. The summed E-state index contributed by atoms with van der Waals surface area (Å²) in [7, 11) is 0. The third-order valence-corrected chi connectivity index (χ3v) is 4.40. The molecule has 0 bridgehead atoms. The van der Waals surface area contributed by atoms with Crippen LogP contribution in [-0.4, -0.2) is 10.2 Å². The Morgan fingerprint density at radius 2 is 1.76 bits per heavy atom. The van der Waals surface area contributed by atoms with Gasteiger partial charge in [-0.15, -0.1) is 10.2 Å². The zero-order valence-corrected chi connectivity index (χ0v) is 12.5. The van der Waals surface area contributed by atoms with Gasteiger partial charge in [-0.2, -0.15) is 0 Å². The van der Waals surface area contributed by atoms with Crippen LogP contribution < -0.4 is 11.3 Å².